The normalized spacial score (nSPS) is 18.3. The fourth-order valence-electron chi connectivity index (χ4n) is 2.46. The molecule has 0 aromatic heterocycles. The van der Waals surface area contributed by atoms with E-state index < -0.39 is 0 Å². The van der Waals surface area contributed by atoms with Crippen molar-refractivity contribution in [1.29, 1.82) is 0 Å². The van der Waals surface area contributed by atoms with E-state index in [1.54, 1.807) is 0 Å². The first kappa shape index (κ1) is 14.8. The van der Waals surface area contributed by atoms with E-state index in [1.807, 2.05) is 59.5 Å². The monoisotopic (exact) mass is 311 g/mol. The Hall–Kier alpha value is -2.14. The molecule has 1 aliphatic rings. The molecule has 4 nitrogen and oxygen atoms in total. The van der Waals surface area contributed by atoms with E-state index in [9.17, 15) is 4.79 Å². The van der Waals surface area contributed by atoms with Crippen LogP contribution in [0.1, 0.15) is 6.42 Å². The van der Waals surface area contributed by atoms with Crippen LogP contribution in [0.25, 0.3) is 0 Å². The number of hydrogen-bond acceptors (Lipinski definition) is 4. The fourth-order valence-corrected chi connectivity index (χ4v) is 2.71. The number of azo groups is 1. The number of anilines is 1. The molecule has 1 heterocycles. The zero-order chi connectivity index (χ0) is 15.4. The van der Waals surface area contributed by atoms with Crippen LogP contribution in [0.5, 0.6) is 0 Å². The zero-order valence-corrected chi connectivity index (χ0v) is 13.0. The molecule has 0 aliphatic carbocycles. The SMILES string of the molecule is O=C1CC(CS)CN1c1ccc(N=Nc2ccccc2)cc1. The molecule has 1 aliphatic heterocycles. The number of nitrogens with zero attached hydrogens (tertiary/aromatic N) is 3. The summed E-state index contributed by atoms with van der Waals surface area (Å²) in [6.07, 6.45) is 0.582. The van der Waals surface area contributed by atoms with Gasteiger partial charge in [-0.05, 0) is 48.1 Å². The summed E-state index contributed by atoms with van der Waals surface area (Å²) in [5.74, 6) is 1.25. The third-order valence-electron chi connectivity index (χ3n) is 3.66. The molecule has 3 rings (SSSR count). The van der Waals surface area contributed by atoms with E-state index >= 15 is 0 Å². The molecule has 0 N–H and O–H groups in total. The Morgan fingerprint density at radius 2 is 1.64 bits per heavy atom. The van der Waals surface area contributed by atoms with Crippen molar-refractivity contribution in [2.24, 2.45) is 16.1 Å². The van der Waals surface area contributed by atoms with Gasteiger partial charge in [0.2, 0.25) is 5.91 Å². The summed E-state index contributed by atoms with van der Waals surface area (Å²) in [6.45, 7) is 0.743. The average molecular weight is 311 g/mol. The maximum absolute atomic E-state index is 12.0. The predicted molar refractivity (Wildman–Crippen MR) is 91.4 cm³/mol. The van der Waals surface area contributed by atoms with Gasteiger partial charge in [-0.15, -0.1) is 0 Å². The van der Waals surface area contributed by atoms with E-state index in [2.05, 4.69) is 22.9 Å². The van der Waals surface area contributed by atoms with Crippen LogP contribution in [-0.4, -0.2) is 18.2 Å². The van der Waals surface area contributed by atoms with Gasteiger partial charge in [-0.25, -0.2) is 0 Å². The van der Waals surface area contributed by atoms with Crippen LogP contribution in [-0.2, 0) is 4.79 Å². The molecule has 0 bridgehead atoms. The van der Waals surface area contributed by atoms with Gasteiger partial charge < -0.3 is 4.90 Å². The van der Waals surface area contributed by atoms with Crippen molar-refractivity contribution < 1.29 is 4.79 Å². The van der Waals surface area contributed by atoms with E-state index in [-0.39, 0.29) is 5.91 Å². The van der Waals surface area contributed by atoms with Gasteiger partial charge in [0.25, 0.3) is 0 Å². The van der Waals surface area contributed by atoms with Gasteiger partial charge in [-0.2, -0.15) is 22.9 Å². The summed E-state index contributed by atoms with van der Waals surface area (Å²) in [6, 6.07) is 17.2. The Morgan fingerprint density at radius 1 is 1.00 bits per heavy atom. The number of thiol groups is 1. The van der Waals surface area contributed by atoms with Crippen LogP contribution < -0.4 is 4.90 Å². The van der Waals surface area contributed by atoms with Gasteiger partial charge in [-0.3, -0.25) is 4.79 Å². The highest BCUT2D eigenvalue weighted by molar-refractivity contribution is 7.80. The molecule has 0 radical (unpaired) electrons. The molecular weight excluding hydrogens is 294 g/mol. The van der Waals surface area contributed by atoms with Crippen LogP contribution in [0.4, 0.5) is 17.1 Å². The number of hydrogen-bond donors (Lipinski definition) is 1. The Morgan fingerprint density at radius 3 is 2.23 bits per heavy atom. The summed E-state index contributed by atoms with van der Waals surface area (Å²) < 4.78 is 0. The number of rotatable bonds is 4. The number of carbonyl (C=O) groups excluding carboxylic acids is 1. The highest BCUT2D eigenvalue weighted by atomic mass is 32.1. The molecule has 22 heavy (non-hydrogen) atoms. The Kier molecular flexibility index (Phi) is 4.53. The smallest absolute Gasteiger partial charge is 0.227 e. The van der Waals surface area contributed by atoms with Crippen molar-refractivity contribution in [1.82, 2.24) is 0 Å². The molecule has 112 valence electrons. The second-order valence-corrected chi connectivity index (χ2v) is 5.67. The first-order chi connectivity index (χ1) is 10.8. The number of amides is 1. The van der Waals surface area contributed by atoms with Crippen molar-refractivity contribution in [3.8, 4) is 0 Å². The molecule has 1 saturated heterocycles. The summed E-state index contributed by atoms with van der Waals surface area (Å²) in [5, 5.41) is 8.38. The van der Waals surface area contributed by atoms with Crippen LogP contribution in [0.2, 0.25) is 0 Å². The van der Waals surface area contributed by atoms with E-state index in [4.69, 9.17) is 0 Å². The van der Waals surface area contributed by atoms with Gasteiger partial charge in [-0.1, -0.05) is 18.2 Å². The summed E-state index contributed by atoms with van der Waals surface area (Å²) in [7, 11) is 0. The average Bonchev–Trinajstić information content (AvgIpc) is 2.95. The van der Waals surface area contributed by atoms with E-state index in [0.29, 0.717) is 12.3 Å². The van der Waals surface area contributed by atoms with Crippen molar-refractivity contribution in [3.63, 3.8) is 0 Å². The van der Waals surface area contributed by atoms with Gasteiger partial charge in [0.15, 0.2) is 0 Å². The second-order valence-electron chi connectivity index (χ2n) is 5.31. The van der Waals surface area contributed by atoms with Crippen LogP contribution in [0.15, 0.2) is 64.8 Å². The van der Waals surface area contributed by atoms with Crippen molar-refractivity contribution in [2.45, 2.75) is 6.42 Å². The second kappa shape index (κ2) is 6.75. The molecule has 1 atom stereocenters. The van der Waals surface area contributed by atoms with Crippen LogP contribution >= 0.6 is 12.6 Å². The lowest BCUT2D eigenvalue weighted by Crippen LogP contribution is -2.24. The summed E-state index contributed by atoms with van der Waals surface area (Å²) in [4.78, 5) is 13.8. The first-order valence-corrected chi connectivity index (χ1v) is 7.87. The van der Waals surface area contributed by atoms with Gasteiger partial charge in [0.05, 0.1) is 11.4 Å². The molecule has 2 aromatic carbocycles. The van der Waals surface area contributed by atoms with Crippen molar-refractivity contribution in [2.75, 3.05) is 17.2 Å². The summed E-state index contributed by atoms with van der Waals surface area (Å²) >= 11 is 4.28. The Bertz CT molecular complexity index is 670. The van der Waals surface area contributed by atoms with Crippen molar-refractivity contribution in [3.05, 3.63) is 54.6 Å². The third kappa shape index (κ3) is 3.36. The number of carbonyl (C=O) groups is 1. The molecular formula is C17H17N3OS. The Labute approximate surface area is 135 Å². The van der Waals surface area contributed by atoms with E-state index in [0.717, 1.165) is 29.4 Å². The standard InChI is InChI=1S/C17H17N3OS/c21-17-10-13(12-22)11-20(17)16-8-6-15(7-9-16)19-18-14-4-2-1-3-5-14/h1-9,13,22H,10-12H2. The van der Waals surface area contributed by atoms with Gasteiger partial charge in [0.1, 0.15) is 0 Å². The van der Waals surface area contributed by atoms with Crippen LogP contribution in [0, 0.1) is 5.92 Å². The summed E-state index contributed by atoms with van der Waals surface area (Å²) in [5.41, 5.74) is 2.50. The molecule has 0 saturated carbocycles. The lowest BCUT2D eigenvalue weighted by molar-refractivity contribution is -0.117. The number of benzene rings is 2. The molecule has 5 heteroatoms. The largest absolute Gasteiger partial charge is 0.312 e. The highest BCUT2D eigenvalue weighted by Crippen LogP contribution is 2.27. The molecule has 2 aromatic rings. The zero-order valence-electron chi connectivity index (χ0n) is 12.1. The topological polar surface area (TPSA) is 45.0 Å². The Balaban J connectivity index is 1.71. The molecule has 1 unspecified atom stereocenters. The minimum absolute atomic E-state index is 0.165. The third-order valence-corrected chi connectivity index (χ3v) is 4.18. The first-order valence-electron chi connectivity index (χ1n) is 7.24. The maximum Gasteiger partial charge on any atom is 0.227 e. The lowest BCUT2D eigenvalue weighted by Gasteiger charge is -2.16. The molecule has 1 fully saturated rings. The quantitative estimate of drug-likeness (QED) is 0.661. The molecule has 0 spiro atoms. The van der Waals surface area contributed by atoms with Gasteiger partial charge in [0, 0.05) is 18.7 Å². The van der Waals surface area contributed by atoms with E-state index in [1.165, 1.54) is 0 Å². The predicted octanol–water partition coefficient (Wildman–Crippen LogP) is 4.38. The minimum atomic E-state index is 0.165. The maximum atomic E-state index is 12.0. The highest BCUT2D eigenvalue weighted by Gasteiger charge is 2.29. The minimum Gasteiger partial charge on any atom is -0.312 e. The fraction of sp³-hybridized carbons (Fsp3) is 0.235. The van der Waals surface area contributed by atoms with Gasteiger partial charge >= 0.3 is 0 Å². The van der Waals surface area contributed by atoms with Crippen molar-refractivity contribution >= 4 is 35.6 Å². The van der Waals surface area contributed by atoms with Crippen LogP contribution in [0.3, 0.4) is 0 Å². The lowest BCUT2D eigenvalue weighted by atomic mass is 10.1. The molecule has 1 amide bonds.